The zero-order chi connectivity index (χ0) is 16.0. The van der Waals surface area contributed by atoms with Crippen LogP contribution in [0.25, 0.3) is 0 Å². The first-order chi connectivity index (χ1) is 9.78. The molecule has 1 rings (SSSR count). The van der Waals surface area contributed by atoms with Crippen LogP contribution in [0.1, 0.15) is 37.2 Å². The molecule has 8 heteroatoms. The molecule has 0 aliphatic heterocycles. The van der Waals surface area contributed by atoms with Crippen molar-refractivity contribution in [1.82, 2.24) is 10.6 Å². The van der Waals surface area contributed by atoms with E-state index in [9.17, 15) is 14.4 Å². The van der Waals surface area contributed by atoms with E-state index in [-0.39, 0.29) is 12.3 Å². The summed E-state index contributed by atoms with van der Waals surface area (Å²) in [5.41, 5.74) is -1.34. The molecule has 1 aromatic heterocycles. The molecule has 0 saturated carbocycles. The Bertz CT molecular complexity index is 542. The number of carbonyl (C=O) groups excluding carboxylic acids is 2. The van der Waals surface area contributed by atoms with E-state index in [2.05, 4.69) is 26.6 Å². The maximum Gasteiger partial charge on any atom is 0.329 e. The van der Waals surface area contributed by atoms with Gasteiger partial charge in [0.25, 0.3) is 5.91 Å². The fourth-order valence-electron chi connectivity index (χ4n) is 1.76. The summed E-state index contributed by atoms with van der Waals surface area (Å²) in [6.45, 7) is 2.93. The Morgan fingerprint density at radius 2 is 2.05 bits per heavy atom. The van der Waals surface area contributed by atoms with Crippen LogP contribution in [0.3, 0.4) is 0 Å². The van der Waals surface area contributed by atoms with Gasteiger partial charge in [0.1, 0.15) is 5.54 Å². The predicted molar refractivity (Wildman–Crippen MR) is 77.8 cm³/mol. The molecule has 0 radical (unpaired) electrons. The summed E-state index contributed by atoms with van der Waals surface area (Å²) < 4.78 is 5.44. The fraction of sp³-hybridized carbons (Fsp3) is 0.462. The molecule has 0 fully saturated rings. The van der Waals surface area contributed by atoms with Crippen LogP contribution in [0.4, 0.5) is 0 Å². The molecule has 1 heterocycles. The Labute approximate surface area is 130 Å². The van der Waals surface area contributed by atoms with Crippen LogP contribution in [0, 0.1) is 0 Å². The summed E-state index contributed by atoms with van der Waals surface area (Å²) in [5, 5.41) is 13.9. The third-order valence-corrected chi connectivity index (χ3v) is 3.27. The number of halogens is 1. The lowest BCUT2D eigenvalue weighted by Gasteiger charge is -2.25. The molecule has 2 amide bonds. The first-order valence-corrected chi connectivity index (χ1v) is 7.15. The summed E-state index contributed by atoms with van der Waals surface area (Å²) in [7, 11) is 0. The minimum atomic E-state index is -1.34. The largest absolute Gasteiger partial charge is 0.480 e. The van der Waals surface area contributed by atoms with Gasteiger partial charge in [-0.1, -0.05) is 13.3 Å². The topological polar surface area (TPSA) is 109 Å². The first-order valence-electron chi connectivity index (χ1n) is 6.36. The number of rotatable bonds is 7. The van der Waals surface area contributed by atoms with Crippen LogP contribution in [0.2, 0.25) is 0 Å². The molecule has 0 bridgehead atoms. The zero-order valence-electron chi connectivity index (χ0n) is 11.7. The van der Waals surface area contributed by atoms with Crippen molar-refractivity contribution in [3.63, 3.8) is 0 Å². The maximum atomic E-state index is 11.7. The van der Waals surface area contributed by atoms with Crippen molar-refractivity contribution in [2.45, 2.75) is 32.2 Å². The van der Waals surface area contributed by atoms with E-state index in [0.717, 1.165) is 0 Å². The van der Waals surface area contributed by atoms with Crippen molar-refractivity contribution in [1.29, 1.82) is 0 Å². The van der Waals surface area contributed by atoms with E-state index in [1.807, 2.05) is 6.92 Å². The van der Waals surface area contributed by atoms with Crippen molar-refractivity contribution in [2.24, 2.45) is 0 Å². The number of hydrogen-bond donors (Lipinski definition) is 3. The summed E-state index contributed by atoms with van der Waals surface area (Å²) in [5.74, 6) is -2.18. The lowest BCUT2D eigenvalue weighted by molar-refractivity contribution is -0.147. The second-order valence-electron chi connectivity index (χ2n) is 4.72. The quantitative estimate of drug-likeness (QED) is 0.683. The van der Waals surface area contributed by atoms with Crippen molar-refractivity contribution in [2.75, 3.05) is 6.54 Å². The van der Waals surface area contributed by atoms with Gasteiger partial charge in [0.2, 0.25) is 5.91 Å². The molecule has 1 atom stereocenters. The maximum absolute atomic E-state index is 11.7. The van der Waals surface area contributed by atoms with E-state index in [1.165, 1.54) is 13.0 Å². The highest BCUT2D eigenvalue weighted by Crippen LogP contribution is 2.14. The average molecular weight is 361 g/mol. The van der Waals surface area contributed by atoms with Gasteiger partial charge in [-0.25, -0.2) is 4.79 Å². The van der Waals surface area contributed by atoms with E-state index in [0.29, 0.717) is 17.5 Å². The molecule has 3 N–H and O–H groups in total. The molecular weight excluding hydrogens is 344 g/mol. The van der Waals surface area contributed by atoms with Crippen molar-refractivity contribution < 1.29 is 23.9 Å². The SMILES string of the molecule is CCCC(C)(NC(=O)CNC(=O)c1ccc(Br)o1)C(=O)O. The minimum absolute atomic E-state index is 0.0595. The summed E-state index contributed by atoms with van der Waals surface area (Å²) in [6.07, 6.45) is 0.906. The number of carbonyl (C=O) groups is 3. The van der Waals surface area contributed by atoms with Crippen LogP contribution >= 0.6 is 15.9 Å². The molecule has 1 aromatic rings. The molecule has 0 spiro atoms. The Morgan fingerprint density at radius 3 is 2.52 bits per heavy atom. The normalized spacial score (nSPS) is 13.3. The first kappa shape index (κ1) is 17.2. The van der Waals surface area contributed by atoms with Crippen LogP contribution in [0.15, 0.2) is 21.2 Å². The Morgan fingerprint density at radius 1 is 1.38 bits per heavy atom. The van der Waals surface area contributed by atoms with Gasteiger partial charge in [-0.2, -0.15) is 0 Å². The Balaban J connectivity index is 2.53. The molecule has 116 valence electrons. The second kappa shape index (κ2) is 7.26. The number of carboxylic acids is 1. The van der Waals surface area contributed by atoms with Crippen LogP contribution in [0.5, 0.6) is 0 Å². The third-order valence-electron chi connectivity index (χ3n) is 2.84. The van der Waals surface area contributed by atoms with E-state index >= 15 is 0 Å². The number of hydrogen-bond acceptors (Lipinski definition) is 4. The summed E-state index contributed by atoms with van der Waals surface area (Å²) in [6, 6.07) is 3.01. The smallest absolute Gasteiger partial charge is 0.329 e. The second-order valence-corrected chi connectivity index (χ2v) is 5.50. The van der Waals surface area contributed by atoms with Gasteiger partial charge in [-0.15, -0.1) is 0 Å². The zero-order valence-corrected chi connectivity index (χ0v) is 13.3. The Kier molecular flexibility index (Phi) is 5.95. The van der Waals surface area contributed by atoms with Gasteiger partial charge in [0.15, 0.2) is 10.4 Å². The number of furan rings is 1. The van der Waals surface area contributed by atoms with Crippen LogP contribution < -0.4 is 10.6 Å². The molecule has 0 aliphatic carbocycles. The van der Waals surface area contributed by atoms with E-state index in [1.54, 1.807) is 6.07 Å². The number of carboxylic acid groups (broad SMARTS) is 1. The third kappa shape index (κ3) is 4.89. The predicted octanol–water partition coefficient (Wildman–Crippen LogP) is 1.53. The lowest BCUT2D eigenvalue weighted by Crippen LogP contribution is -2.54. The standard InChI is InChI=1S/C13H17BrN2O5/c1-3-6-13(2,12(19)20)16-10(17)7-15-11(18)8-4-5-9(14)21-8/h4-5H,3,6-7H2,1-2H3,(H,15,18)(H,16,17)(H,19,20). The number of amides is 2. The van der Waals surface area contributed by atoms with Gasteiger partial charge in [0, 0.05) is 0 Å². The van der Waals surface area contributed by atoms with Gasteiger partial charge in [-0.3, -0.25) is 9.59 Å². The molecule has 1 unspecified atom stereocenters. The molecule has 7 nitrogen and oxygen atoms in total. The summed E-state index contributed by atoms with van der Waals surface area (Å²) in [4.78, 5) is 34.6. The fourth-order valence-corrected chi connectivity index (χ4v) is 2.07. The minimum Gasteiger partial charge on any atom is -0.480 e. The lowest BCUT2D eigenvalue weighted by atomic mass is 9.96. The van der Waals surface area contributed by atoms with Crippen LogP contribution in [-0.4, -0.2) is 35.0 Å². The molecular formula is C13H17BrN2O5. The van der Waals surface area contributed by atoms with Crippen molar-refractivity contribution in [3.8, 4) is 0 Å². The average Bonchev–Trinajstić information content (AvgIpc) is 2.82. The van der Waals surface area contributed by atoms with Gasteiger partial charge in [0.05, 0.1) is 6.54 Å². The highest BCUT2D eigenvalue weighted by molar-refractivity contribution is 9.10. The molecule has 21 heavy (non-hydrogen) atoms. The van der Waals surface area contributed by atoms with Gasteiger partial charge in [-0.05, 0) is 41.4 Å². The van der Waals surface area contributed by atoms with Crippen molar-refractivity contribution >= 4 is 33.7 Å². The summed E-state index contributed by atoms with van der Waals surface area (Å²) >= 11 is 3.06. The van der Waals surface area contributed by atoms with E-state index in [4.69, 9.17) is 9.52 Å². The molecule has 0 aliphatic rings. The van der Waals surface area contributed by atoms with E-state index < -0.39 is 23.3 Å². The van der Waals surface area contributed by atoms with Gasteiger partial charge >= 0.3 is 5.97 Å². The number of aliphatic carboxylic acids is 1. The Hall–Kier alpha value is -1.83. The highest BCUT2D eigenvalue weighted by atomic mass is 79.9. The molecule has 0 saturated heterocycles. The monoisotopic (exact) mass is 360 g/mol. The number of nitrogens with one attached hydrogen (secondary N) is 2. The highest BCUT2D eigenvalue weighted by Gasteiger charge is 2.33. The molecule has 0 aromatic carbocycles. The van der Waals surface area contributed by atoms with Crippen molar-refractivity contribution in [3.05, 3.63) is 22.6 Å². The van der Waals surface area contributed by atoms with Gasteiger partial charge < -0.3 is 20.2 Å². The van der Waals surface area contributed by atoms with Crippen LogP contribution in [-0.2, 0) is 9.59 Å².